The molecule has 2 N–H and O–H groups in total. The van der Waals surface area contributed by atoms with Crippen LogP contribution in [0.2, 0.25) is 0 Å². The van der Waals surface area contributed by atoms with Gasteiger partial charge in [-0.15, -0.1) is 0 Å². The summed E-state index contributed by atoms with van der Waals surface area (Å²) in [7, 11) is 0. The van der Waals surface area contributed by atoms with Crippen molar-refractivity contribution in [3.05, 3.63) is 59.7 Å². The fraction of sp³-hybridized carbons (Fsp3) is 0.0714. The minimum absolute atomic E-state index is 0.402. The number of aliphatic hydroxyl groups is 2. The van der Waals surface area contributed by atoms with E-state index in [2.05, 4.69) is 0 Å². The largest absolute Gasteiger partial charge is 0.457 e. The summed E-state index contributed by atoms with van der Waals surface area (Å²) in [5, 5.41) is 17.9. The molecule has 2 aromatic carbocycles. The van der Waals surface area contributed by atoms with E-state index in [1.54, 1.807) is 48.5 Å². The zero-order valence-corrected chi connectivity index (χ0v) is 9.48. The topological polar surface area (TPSA) is 66.8 Å². The highest BCUT2D eigenvalue weighted by Crippen LogP contribution is 2.23. The van der Waals surface area contributed by atoms with Crippen LogP contribution in [0.5, 0.6) is 11.5 Å². The average molecular weight is 244 g/mol. The molecule has 0 radical (unpaired) electrons. The van der Waals surface area contributed by atoms with Crippen molar-refractivity contribution in [2.24, 2.45) is 0 Å². The second-order valence-corrected chi connectivity index (χ2v) is 3.73. The second kappa shape index (κ2) is 5.44. The number of hydrogen-bond donors (Lipinski definition) is 2. The number of carbonyl (C=O) groups is 1. The van der Waals surface area contributed by atoms with Crippen LogP contribution in [0.4, 0.5) is 0 Å². The molecule has 2 aromatic rings. The van der Waals surface area contributed by atoms with Gasteiger partial charge < -0.3 is 14.9 Å². The first kappa shape index (κ1) is 12.3. The lowest BCUT2D eigenvalue weighted by Crippen LogP contribution is -1.94. The van der Waals surface area contributed by atoms with Crippen molar-refractivity contribution in [1.29, 1.82) is 0 Å². The molecule has 0 aliphatic carbocycles. The van der Waals surface area contributed by atoms with Crippen molar-refractivity contribution < 1.29 is 19.7 Å². The molecule has 0 unspecified atom stereocenters. The maximum Gasteiger partial charge on any atom is 0.178 e. The first-order valence-corrected chi connectivity index (χ1v) is 5.38. The summed E-state index contributed by atoms with van der Waals surface area (Å²) in [6.07, 6.45) is -0.716. The molecule has 4 nitrogen and oxygen atoms in total. The van der Waals surface area contributed by atoms with Crippen molar-refractivity contribution in [2.45, 2.75) is 6.29 Å². The van der Waals surface area contributed by atoms with E-state index in [9.17, 15) is 4.79 Å². The number of hydrogen-bond acceptors (Lipinski definition) is 4. The van der Waals surface area contributed by atoms with Gasteiger partial charge in [-0.2, -0.15) is 0 Å². The molecule has 18 heavy (non-hydrogen) atoms. The Morgan fingerprint density at radius 2 is 1.39 bits per heavy atom. The first-order chi connectivity index (χ1) is 8.69. The van der Waals surface area contributed by atoms with Gasteiger partial charge in [0.2, 0.25) is 0 Å². The van der Waals surface area contributed by atoms with Gasteiger partial charge in [0.15, 0.2) is 6.29 Å². The van der Waals surface area contributed by atoms with E-state index >= 15 is 0 Å². The third kappa shape index (κ3) is 2.94. The summed E-state index contributed by atoms with van der Waals surface area (Å²) >= 11 is 0. The third-order valence-corrected chi connectivity index (χ3v) is 2.43. The van der Waals surface area contributed by atoms with Crippen LogP contribution in [-0.2, 0) is 0 Å². The van der Waals surface area contributed by atoms with Gasteiger partial charge in [-0.25, -0.2) is 0 Å². The molecule has 0 atom stereocenters. The Morgan fingerprint density at radius 3 is 1.83 bits per heavy atom. The summed E-state index contributed by atoms with van der Waals surface area (Å²) in [6, 6.07) is 13.1. The molecule has 0 aliphatic rings. The van der Waals surface area contributed by atoms with Crippen molar-refractivity contribution in [3.63, 3.8) is 0 Å². The molecule has 0 spiro atoms. The molecule has 0 aromatic heterocycles. The zero-order valence-electron chi connectivity index (χ0n) is 9.48. The molecule has 4 heteroatoms. The maximum absolute atomic E-state index is 10.5. The summed E-state index contributed by atoms with van der Waals surface area (Å²) < 4.78 is 5.53. The second-order valence-electron chi connectivity index (χ2n) is 3.73. The minimum atomic E-state index is -1.48. The number of benzene rings is 2. The van der Waals surface area contributed by atoms with Crippen LogP contribution in [0.1, 0.15) is 22.2 Å². The monoisotopic (exact) mass is 244 g/mol. The summed E-state index contributed by atoms with van der Waals surface area (Å²) in [6.45, 7) is 0. The number of aliphatic hydroxyl groups excluding tert-OH is 1. The Hall–Kier alpha value is -2.17. The average Bonchev–Trinajstić information content (AvgIpc) is 2.40. The van der Waals surface area contributed by atoms with E-state index < -0.39 is 6.29 Å². The predicted molar refractivity (Wildman–Crippen MR) is 65.5 cm³/mol. The van der Waals surface area contributed by atoms with Crippen LogP contribution < -0.4 is 4.74 Å². The highest BCUT2D eigenvalue weighted by atomic mass is 16.5. The Balaban J connectivity index is 2.10. The lowest BCUT2D eigenvalue weighted by atomic mass is 10.2. The Labute approximate surface area is 104 Å². The van der Waals surface area contributed by atoms with Crippen LogP contribution in [0.15, 0.2) is 48.5 Å². The van der Waals surface area contributed by atoms with Crippen LogP contribution in [0.25, 0.3) is 0 Å². The number of rotatable bonds is 4. The summed E-state index contributed by atoms with van der Waals surface area (Å²) in [5.74, 6) is 1.19. The van der Waals surface area contributed by atoms with Gasteiger partial charge in [0.25, 0.3) is 0 Å². The quantitative estimate of drug-likeness (QED) is 0.639. The normalized spacial score (nSPS) is 10.4. The molecular formula is C14H12O4. The number of aldehydes is 1. The van der Waals surface area contributed by atoms with Crippen molar-refractivity contribution in [3.8, 4) is 11.5 Å². The number of carbonyl (C=O) groups excluding carboxylic acids is 1. The SMILES string of the molecule is O=Cc1ccc(Oc2ccc(C(O)O)cc2)cc1. The Morgan fingerprint density at radius 1 is 0.889 bits per heavy atom. The molecule has 0 saturated carbocycles. The van der Waals surface area contributed by atoms with Crippen molar-refractivity contribution >= 4 is 6.29 Å². The molecule has 0 amide bonds. The number of ether oxygens (including phenoxy) is 1. The standard InChI is InChI=1S/C14H12O4/c15-9-10-1-5-12(6-2-10)18-13-7-3-11(4-8-13)14(16)17/h1-9,14,16-17H. The van der Waals surface area contributed by atoms with Crippen LogP contribution >= 0.6 is 0 Å². The zero-order chi connectivity index (χ0) is 13.0. The molecule has 92 valence electrons. The van der Waals surface area contributed by atoms with Gasteiger partial charge in [-0.1, -0.05) is 12.1 Å². The van der Waals surface area contributed by atoms with Gasteiger partial charge >= 0.3 is 0 Å². The fourth-order valence-electron chi connectivity index (χ4n) is 1.46. The van der Waals surface area contributed by atoms with E-state index in [-0.39, 0.29) is 0 Å². The van der Waals surface area contributed by atoms with Crippen LogP contribution in [0, 0.1) is 0 Å². The lowest BCUT2D eigenvalue weighted by Gasteiger charge is -2.07. The van der Waals surface area contributed by atoms with Gasteiger partial charge in [0.05, 0.1) is 0 Å². The molecular weight excluding hydrogens is 232 g/mol. The van der Waals surface area contributed by atoms with E-state index in [0.717, 1.165) is 6.29 Å². The van der Waals surface area contributed by atoms with Gasteiger partial charge in [0.1, 0.15) is 17.8 Å². The van der Waals surface area contributed by atoms with E-state index in [4.69, 9.17) is 14.9 Å². The van der Waals surface area contributed by atoms with E-state index in [0.29, 0.717) is 22.6 Å². The molecule has 0 bridgehead atoms. The summed E-state index contributed by atoms with van der Waals surface area (Å²) in [5.41, 5.74) is 0.986. The highest BCUT2D eigenvalue weighted by Gasteiger charge is 2.03. The smallest absolute Gasteiger partial charge is 0.178 e. The Kier molecular flexibility index (Phi) is 3.72. The van der Waals surface area contributed by atoms with Crippen molar-refractivity contribution in [1.82, 2.24) is 0 Å². The maximum atomic E-state index is 10.5. The molecule has 0 heterocycles. The third-order valence-electron chi connectivity index (χ3n) is 2.43. The molecule has 0 fully saturated rings. The molecule has 0 saturated heterocycles. The minimum Gasteiger partial charge on any atom is -0.457 e. The van der Waals surface area contributed by atoms with Crippen LogP contribution in [-0.4, -0.2) is 16.5 Å². The highest BCUT2D eigenvalue weighted by molar-refractivity contribution is 5.74. The summed E-state index contributed by atoms with van der Waals surface area (Å²) in [4.78, 5) is 10.5. The van der Waals surface area contributed by atoms with Gasteiger partial charge in [0, 0.05) is 11.1 Å². The van der Waals surface area contributed by atoms with Gasteiger partial charge in [-0.05, 0) is 36.4 Å². The van der Waals surface area contributed by atoms with E-state index in [1.165, 1.54) is 0 Å². The fourth-order valence-corrected chi connectivity index (χ4v) is 1.46. The molecule has 2 rings (SSSR count). The van der Waals surface area contributed by atoms with E-state index in [1.807, 2.05) is 0 Å². The molecule has 0 aliphatic heterocycles. The lowest BCUT2D eigenvalue weighted by molar-refractivity contribution is -0.0424. The predicted octanol–water partition coefficient (Wildman–Crippen LogP) is 2.27. The van der Waals surface area contributed by atoms with Crippen LogP contribution in [0.3, 0.4) is 0 Å². The van der Waals surface area contributed by atoms with Gasteiger partial charge in [-0.3, -0.25) is 4.79 Å². The Bertz CT molecular complexity index is 514. The first-order valence-electron chi connectivity index (χ1n) is 5.38. The van der Waals surface area contributed by atoms with Crippen molar-refractivity contribution in [2.75, 3.05) is 0 Å².